The summed E-state index contributed by atoms with van der Waals surface area (Å²) in [6.45, 7) is 4.08. The smallest absolute Gasteiger partial charge is 0.269 e. The van der Waals surface area contributed by atoms with Crippen LogP contribution in [0.4, 0.5) is 0 Å². The number of benzene rings is 1. The Bertz CT molecular complexity index is 1020. The van der Waals surface area contributed by atoms with Crippen molar-refractivity contribution < 1.29 is 14.6 Å². The normalized spacial score (nSPS) is 15.1. The molecule has 1 aromatic carbocycles. The predicted molar refractivity (Wildman–Crippen MR) is 107 cm³/mol. The predicted octanol–water partition coefficient (Wildman–Crippen LogP) is 1.68. The van der Waals surface area contributed by atoms with Gasteiger partial charge in [0.05, 0.1) is 12.3 Å². The zero-order chi connectivity index (χ0) is 20.8. The van der Waals surface area contributed by atoms with Gasteiger partial charge in [-0.1, -0.05) is 18.8 Å². The number of carbonyl (C=O) groups is 1. The Morgan fingerprint density at radius 3 is 2.69 bits per heavy atom. The molecular weight excluding hydrogens is 370 g/mol. The maximum atomic E-state index is 11.4. The molecule has 3 aromatic rings. The van der Waals surface area contributed by atoms with Gasteiger partial charge >= 0.3 is 0 Å². The number of hydrogen-bond acceptors (Lipinski definition) is 6. The lowest BCUT2D eigenvalue weighted by Crippen LogP contribution is -2.12. The van der Waals surface area contributed by atoms with Crippen LogP contribution in [0.25, 0.3) is 5.69 Å². The topological polar surface area (TPSA) is 116 Å². The number of nitrogens with two attached hydrogens (primary N) is 1. The summed E-state index contributed by atoms with van der Waals surface area (Å²) in [7, 11) is 0. The first kappa shape index (κ1) is 20.0. The van der Waals surface area contributed by atoms with Gasteiger partial charge in [-0.2, -0.15) is 5.10 Å². The first-order valence-corrected chi connectivity index (χ1v) is 9.02. The van der Waals surface area contributed by atoms with Gasteiger partial charge in [0.15, 0.2) is 5.69 Å². The second kappa shape index (κ2) is 8.99. The van der Waals surface area contributed by atoms with Crippen LogP contribution in [-0.2, 0) is 0 Å². The van der Waals surface area contributed by atoms with E-state index in [9.17, 15) is 9.90 Å². The average Bonchev–Trinajstić information content (AvgIpc) is 3.13. The van der Waals surface area contributed by atoms with E-state index < -0.39 is 12.0 Å². The van der Waals surface area contributed by atoms with Gasteiger partial charge in [-0.15, -0.1) is 0 Å². The Morgan fingerprint density at radius 1 is 1.34 bits per heavy atom. The number of fused-ring (bicyclic) bond motifs is 3. The molecule has 1 amide bonds. The zero-order valence-corrected chi connectivity index (χ0v) is 16.1. The highest BCUT2D eigenvalue weighted by molar-refractivity contribution is 5.91. The number of hydrogen-bond donors (Lipinski definition) is 2. The molecule has 0 fully saturated rings. The van der Waals surface area contributed by atoms with Gasteiger partial charge in [-0.3, -0.25) is 4.79 Å². The third kappa shape index (κ3) is 4.97. The molecule has 1 aliphatic rings. The molecule has 0 spiro atoms. The minimum absolute atomic E-state index is 0.0648. The quantitative estimate of drug-likeness (QED) is 0.610. The van der Waals surface area contributed by atoms with Gasteiger partial charge in [0.25, 0.3) is 5.91 Å². The van der Waals surface area contributed by atoms with Crippen molar-refractivity contribution in [3.8, 4) is 23.3 Å². The molecule has 0 radical (unpaired) electrons. The summed E-state index contributed by atoms with van der Waals surface area (Å²) in [6.07, 6.45) is 4.17. The molecule has 0 bridgehead atoms. The number of amides is 1. The van der Waals surface area contributed by atoms with Crippen LogP contribution in [0.15, 0.2) is 49.1 Å². The van der Waals surface area contributed by atoms with E-state index in [4.69, 9.17) is 10.5 Å². The van der Waals surface area contributed by atoms with Crippen molar-refractivity contribution >= 4 is 5.91 Å². The van der Waals surface area contributed by atoms with Crippen LogP contribution in [0.3, 0.4) is 0 Å². The molecule has 0 saturated heterocycles. The molecule has 2 unspecified atom stereocenters. The van der Waals surface area contributed by atoms with Crippen LogP contribution in [0.5, 0.6) is 5.75 Å². The fourth-order valence-electron chi connectivity index (χ4n) is 2.68. The van der Waals surface area contributed by atoms with Crippen LogP contribution < -0.4 is 10.5 Å². The van der Waals surface area contributed by atoms with E-state index in [1.54, 1.807) is 36.1 Å². The van der Waals surface area contributed by atoms with Crippen molar-refractivity contribution in [2.45, 2.75) is 25.9 Å². The molecule has 2 aromatic heterocycles. The van der Waals surface area contributed by atoms with Crippen molar-refractivity contribution in [2.75, 3.05) is 6.61 Å². The van der Waals surface area contributed by atoms with Crippen molar-refractivity contribution in [1.82, 2.24) is 19.7 Å². The Balaban J connectivity index is 0.000000343. The van der Waals surface area contributed by atoms with E-state index in [1.807, 2.05) is 25.1 Å². The lowest BCUT2D eigenvalue weighted by atomic mass is 10.1. The number of carbonyl (C=O) groups excluding carboxylic acids is 1. The van der Waals surface area contributed by atoms with E-state index in [2.05, 4.69) is 26.9 Å². The SMILES string of the molecule is CC(O)C#Cc1ccc2c(c1)-n1nc(C(N)=O)cc1C(C)CO2.c1cncnc1. The Kier molecular flexibility index (Phi) is 6.22. The summed E-state index contributed by atoms with van der Waals surface area (Å²) in [5.74, 6) is 5.76. The van der Waals surface area contributed by atoms with E-state index in [0.717, 1.165) is 11.3 Å². The lowest BCUT2D eigenvalue weighted by Gasteiger charge is -2.08. The van der Waals surface area contributed by atoms with E-state index in [-0.39, 0.29) is 11.6 Å². The van der Waals surface area contributed by atoms with Gasteiger partial charge in [0.1, 0.15) is 23.9 Å². The third-order valence-electron chi connectivity index (χ3n) is 4.07. The van der Waals surface area contributed by atoms with Gasteiger partial charge < -0.3 is 15.6 Å². The van der Waals surface area contributed by atoms with Crippen LogP contribution in [0.2, 0.25) is 0 Å². The molecule has 8 heteroatoms. The van der Waals surface area contributed by atoms with Crippen LogP contribution in [-0.4, -0.2) is 43.5 Å². The molecule has 148 valence electrons. The molecule has 4 rings (SSSR count). The number of ether oxygens (including phenoxy) is 1. The van der Waals surface area contributed by atoms with E-state index in [0.29, 0.717) is 18.0 Å². The van der Waals surface area contributed by atoms with Crippen LogP contribution >= 0.6 is 0 Å². The molecule has 2 atom stereocenters. The summed E-state index contributed by atoms with van der Waals surface area (Å²) in [5, 5.41) is 13.6. The van der Waals surface area contributed by atoms with E-state index >= 15 is 0 Å². The monoisotopic (exact) mass is 391 g/mol. The maximum absolute atomic E-state index is 11.4. The Hall–Kier alpha value is -3.70. The van der Waals surface area contributed by atoms with Crippen molar-refractivity contribution in [3.05, 3.63) is 66.0 Å². The zero-order valence-electron chi connectivity index (χ0n) is 16.1. The summed E-state index contributed by atoms with van der Waals surface area (Å²) < 4.78 is 7.49. The standard InChI is InChI=1S/C17H17N3O3.C4H4N2/c1-10-9-23-16-6-5-12(4-3-11(2)21)7-15(16)20-14(10)8-13(19-20)17(18)22;1-2-5-4-6-3-1/h5-8,10-11,21H,9H2,1-2H3,(H2,18,22);1-4H. The number of nitrogens with zero attached hydrogens (tertiary/aromatic N) is 4. The fraction of sp³-hybridized carbons (Fsp3) is 0.238. The summed E-state index contributed by atoms with van der Waals surface area (Å²) >= 11 is 0. The molecular formula is C21H21N5O3. The molecule has 3 N–H and O–H groups in total. The minimum atomic E-state index is -0.702. The lowest BCUT2D eigenvalue weighted by molar-refractivity contribution is 0.0995. The molecule has 1 aliphatic heterocycles. The van der Waals surface area contributed by atoms with Crippen molar-refractivity contribution in [3.63, 3.8) is 0 Å². The molecule has 3 heterocycles. The third-order valence-corrected chi connectivity index (χ3v) is 4.07. The minimum Gasteiger partial charge on any atom is -0.491 e. The number of aromatic nitrogens is 4. The number of aliphatic hydroxyl groups is 1. The van der Waals surface area contributed by atoms with Crippen LogP contribution in [0, 0.1) is 11.8 Å². The summed E-state index contributed by atoms with van der Waals surface area (Å²) in [4.78, 5) is 18.8. The van der Waals surface area contributed by atoms with Crippen molar-refractivity contribution in [1.29, 1.82) is 0 Å². The van der Waals surface area contributed by atoms with Crippen LogP contribution in [0.1, 0.15) is 41.5 Å². The number of rotatable bonds is 1. The first-order chi connectivity index (χ1) is 14.0. The van der Waals surface area contributed by atoms with Gasteiger partial charge in [0, 0.05) is 23.9 Å². The highest BCUT2D eigenvalue weighted by atomic mass is 16.5. The summed E-state index contributed by atoms with van der Waals surface area (Å²) in [5.41, 5.74) is 7.86. The molecule has 0 aliphatic carbocycles. The molecule has 8 nitrogen and oxygen atoms in total. The Morgan fingerprint density at radius 2 is 2.10 bits per heavy atom. The largest absolute Gasteiger partial charge is 0.491 e. The highest BCUT2D eigenvalue weighted by Gasteiger charge is 2.24. The van der Waals surface area contributed by atoms with Gasteiger partial charge in [0.2, 0.25) is 0 Å². The van der Waals surface area contributed by atoms with E-state index in [1.165, 1.54) is 6.33 Å². The summed E-state index contributed by atoms with van der Waals surface area (Å²) in [6, 6.07) is 8.93. The number of aliphatic hydroxyl groups excluding tert-OH is 1. The average molecular weight is 391 g/mol. The van der Waals surface area contributed by atoms with Gasteiger partial charge in [-0.05, 0) is 37.3 Å². The number of primary amides is 1. The molecule has 0 saturated carbocycles. The van der Waals surface area contributed by atoms with Gasteiger partial charge in [-0.25, -0.2) is 14.6 Å². The van der Waals surface area contributed by atoms with Crippen molar-refractivity contribution in [2.24, 2.45) is 5.73 Å². The fourth-order valence-corrected chi connectivity index (χ4v) is 2.68. The Labute approximate surface area is 168 Å². The second-order valence-electron chi connectivity index (χ2n) is 6.47. The maximum Gasteiger partial charge on any atom is 0.269 e. The highest BCUT2D eigenvalue weighted by Crippen LogP contribution is 2.32. The first-order valence-electron chi connectivity index (χ1n) is 9.02. The molecule has 29 heavy (non-hydrogen) atoms. The second-order valence-corrected chi connectivity index (χ2v) is 6.47.